The van der Waals surface area contributed by atoms with Crippen LogP contribution in [0.3, 0.4) is 0 Å². The first kappa shape index (κ1) is 20.4. The van der Waals surface area contributed by atoms with Crippen LogP contribution in [0.15, 0.2) is 59.6 Å². The number of rotatable bonds is 6. The molecule has 0 aromatic heterocycles. The molecule has 2 aromatic carbocycles. The van der Waals surface area contributed by atoms with Gasteiger partial charge in [-0.25, -0.2) is 4.39 Å². The van der Waals surface area contributed by atoms with Crippen LogP contribution in [0.4, 0.5) is 4.39 Å². The van der Waals surface area contributed by atoms with E-state index in [9.17, 15) is 9.50 Å². The number of aliphatic hydroxyl groups is 1. The van der Waals surface area contributed by atoms with Gasteiger partial charge in [-0.3, -0.25) is 4.99 Å². The summed E-state index contributed by atoms with van der Waals surface area (Å²) in [4.78, 5) is 4.17. The highest BCUT2D eigenvalue weighted by Crippen LogP contribution is 2.21. The van der Waals surface area contributed by atoms with Crippen molar-refractivity contribution < 1.29 is 9.50 Å². The molecule has 130 valence electrons. The number of hydrogen-bond acceptors (Lipinski definition) is 2. The first-order valence-electron chi connectivity index (χ1n) is 7.53. The molecule has 0 aliphatic carbocycles. The van der Waals surface area contributed by atoms with E-state index < -0.39 is 5.60 Å². The first-order valence-corrected chi connectivity index (χ1v) is 7.53. The fourth-order valence-corrected chi connectivity index (χ4v) is 2.17. The Labute approximate surface area is 159 Å². The molecule has 0 saturated heterocycles. The molecular formula is C18H23FIN3O. The second kappa shape index (κ2) is 9.58. The van der Waals surface area contributed by atoms with Crippen LogP contribution >= 0.6 is 24.0 Å². The summed E-state index contributed by atoms with van der Waals surface area (Å²) in [7, 11) is 0. The minimum absolute atomic E-state index is 0. The van der Waals surface area contributed by atoms with Crippen LogP contribution in [0.25, 0.3) is 0 Å². The summed E-state index contributed by atoms with van der Waals surface area (Å²) in [6, 6.07) is 15.8. The van der Waals surface area contributed by atoms with Crippen LogP contribution in [-0.4, -0.2) is 24.2 Å². The zero-order valence-corrected chi connectivity index (χ0v) is 15.9. The van der Waals surface area contributed by atoms with E-state index in [0.29, 0.717) is 12.1 Å². The number of benzene rings is 2. The van der Waals surface area contributed by atoms with Gasteiger partial charge in [0.2, 0.25) is 0 Å². The molecular weight excluding hydrogens is 420 g/mol. The molecule has 24 heavy (non-hydrogen) atoms. The Balaban J connectivity index is 0.00000288. The molecule has 2 rings (SSSR count). The third-order valence-corrected chi connectivity index (χ3v) is 3.59. The van der Waals surface area contributed by atoms with Crippen LogP contribution in [0, 0.1) is 5.82 Å². The van der Waals surface area contributed by atoms with Crippen molar-refractivity contribution in [1.29, 1.82) is 0 Å². The predicted molar refractivity (Wildman–Crippen MR) is 106 cm³/mol. The van der Waals surface area contributed by atoms with Crippen molar-refractivity contribution in [2.24, 2.45) is 10.7 Å². The zero-order chi connectivity index (χ0) is 16.7. The molecule has 0 aliphatic heterocycles. The molecule has 0 aliphatic rings. The quantitative estimate of drug-likeness (QED) is 0.366. The van der Waals surface area contributed by atoms with Gasteiger partial charge in [0, 0.05) is 6.54 Å². The van der Waals surface area contributed by atoms with E-state index in [1.807, 2.05) is 30.3 Å². The summed E-state index contributed by atoms with van der Waals surface area (Å²) in [5.41, 5.74) is 6.43. The molecule has 0 amide bonds. The number of hydrogen-bond donors (Lipinski definition) is 3. The molecule has 1 atom stereocenters. The molecule has 0 radical (unpaired) electrons. The number of guanidine groups is 1. The van der Waals surface area contributed by atoms with Crippen molar-refractivity contribution in [2.75, 3.05) is 13.1 Å². The lowest BCUT2D eigenvalue weighted by molar-refractivity contribution is 0.0672. The lowest BCUT2D eigenvalue weighted by Crippen LogP contribution is -2.35. The Morgan fingerprint density at radius 3 is 2.42 bits per heavy atom. The maximum Gasteiger partial charge on any atom is 0.188 e. The van der Waals surface area contributed by atoms with Crippen LogP contribution in [-0.2, 0) is 12.0 Å². The second-order valence-corrected chi connectivity index (χ2v) is 5.64. The van der Waals surface area contributed by atoms with E-state index in [0.717, 1.165) is 6.42 Å². The van der Waals surface area contributed by atoms with Gasteiger partial charge in [0.25, 0.3) is 0 Å². The van der Waals surface area contributed by atoms with Crippen molar-refractivity contribution >= 4 is 29.9 Å². The van der Waals surface area contributed by atoms with Gasteiger partial charge in [0.15, 0.2) is 5.96 Å². The molecule has 1 unspecified atom stereocenters. The Kier molecular flexibility index (Phi) is 8.14. The third-order valence-electron chi connectivity index (χ3n) is 3.59. The van der Waals surface area contributed by atoms with Crippen molar-refractivity contribution in [3.8, 4) is 0 Å². The van der Waals surface area contributed by atoms with E-state index in [1.165, 1.54) is 17.7 Å². The first-order chi connectivity index (χ1) is 11.0. The monoisotopic (exact) mass is 443 g/mol. The molecule has 6 heteroatoms. The average molecular weight is 443 g/mol. The van der Waals surface area contributed by atoms with Crippen LogP contribution < -0.4 is 11.1 Å². The van der Waals surface area contributed by atoms with Crippen molar-refractivity contribution in [2.45, 2.75) is 18.9 Å². The van der Waals surface area contributed by atoms with Gasteiger partial charge in [0.05, 0.1) is 6.54 Å². The molecule has 4 nitrogen and oxygen atoms in total. The maximum atomic E-state index is 12.9. The molecule has 0 fully saturated rings. The highest BCUT2D eigenvalue weighted by molar-refractivity contribution is 14.0. The van der Waals surface area contributed by atoms with Crippen LogP contribution in [0.1, 0.15) is 18.1 Å². The van der Waals surface area contributed by atoms with E-state index in [1.54, 1.807) is 19.1 Å². The number of nitrogens with two attached hydrogens (primary N) is 1. The number of aliphatic imine (C=N–C) groups is 1. The Bertz CT molecular complexity index is 645. The minimum atomic E-state index is -1.20. The smallest absolute Gasteiger partial charge is 0.188 e. The molecule has 0 bridgehead atoms. The summed E-state index contributed by atoms with van der Waals surface area (Å²) < 4.78 is 12.9. The van der Waals surface area contributed by atoms with E-state index in [4.69, 9.17) is 5.73 Å². The molecule has 4 N–H and O–H groups in total. The standard InChI is InChI=1S/C18H22FN3O.HI/c1-18(23,15-7-9-16(19)10-8-15)13-22-17(20)21-12-11-14-5-3-2-4-6-14;/h2-10,23H,11-13H2,1H3,(H3,20,21,22);1H. The number of halogens is 2. The fourth-order valence-electron chi connectivity index (χ4n) is 2.17. The Morgan fingerprint density at radius 2 is 1.79 bits per heavy atom. The average Bonchev–Trinajstić information content (AvgIpc) is 2.54. The lowest BCUT2D eigenvalue weighted by Gasteiger charge is -2.22. The van der Waals surface area contributed by atoms with Gasteiger partial charge in [-0.15, -0.1) is 24.0 Å². The zero-order valence-electron chi connectivity index (χ0n) is 13.6. The summed E-state index contributed by atoms with van der Waals surface area (Å²) in [5.74, 6) is -0.0570. The van der Waals surface area contributed by atoms with E-state index in [-0.39, 0.29) is 42.3 Å². The second-order valence-electron chi connectivity index (χ2n) is 5.64. The van der Waals surface area contributed by atoms with Gasteiger partial charge in [-0.1, -0.05) is 42.5 Å². The number of nitrogens with zero attached hydrogens (tertiary/aromatic N) is 1. The van der Waals surface area contributed by atoms with Gasteiger partial charge in [-0.05, 0) is 36.6 Å². The van der Waals surface area contributed by atoms with Crippen LogP contribution in [0.2, 0.25) is 0 Å². The highest BCUT2D eigenvalue weighted by Gasteiger charge is 2.22. The van der Waals surface area contributed by atoms with Gasteiger partial charge in [0.1, 0.15) is 11.4 Å². The molecule has 0 heterocycles. The molecule has 0 spiro atoms. The SMILES string of the molecule is CC(O)(CN=C(N)NCCc1ccccc1)c1ccc(F)cc1.I. The normalized spacial score (nSPS) is 13.7. The number of nitrogens with one attached hydrogen (secondary N) is 1. The van der Waals surface area contributed by atoms with Crippen molar-refractivity contribution in [3.63, 3.8) is 0 Å². The van der Waals surface area contributed by atoms with Crippen molar-refractivity contribution in [1.82, 2.24) is 5.32 Å². The van der Waals surface area contributed by atoms with E-state index in [2.05, 4.69) is 10.3 Å². The van der Waals surface area contributed by atoms with Gasteiger partial charge >= 0.3 is 0 Å². The molecule has 0 saturated carbocycles. The minimum Gasteiger partial charge on any atom is -0.384 e. The summed E-state index contributed by atoms with van der Waals surface area (Å²) in [5, 5.41) is 13.4. The Morgan fingerprint density at radius 1 is 1.17 bits per heavy atom. The fraction of sp³-hybridized carbons (Fsp3) is 0.278. The summed E-state index contributed by atoms with van der Waals surface area (Å²) in [6.45, 7) is 2.39. The Hall–Kier alpha value is -1.67. The summed E-state index contributed by atoms with van der Waals surface area (Å²) >= 11 is 0. The van der Waals surface area contributed by atoms with Gasteiger partial charge in [-0.2, -0.15) is 0 Å². The van der Waals surface area contributed by atoms with Crippen LogP contribution in [0.5, 0.6) is 0 Å². The third kappa shape index (κ3) is 6.45. The topological polar surface area (TPSA) is 70.6 Å². The summed E-state index contributed by atoms with van der Waals surface area (Å²) in [6.07, 6.45) is 0.839. The largest absolute Gasteiger partial charge is 0.384 e. The maximum absolute atomic E-state index is 12.9. The molecule has 2 aromatic rings. The predicted octanol–water partition coefficient (Wildman–Crippen LogP) is 2.80. The van der Waals surface area contributed by atoms with Gasteiger partial charge < -0.3 is 16.2 Å². The lowest BCUT2D eigenvalue weighted by atomic mass is 9.96. The highest BCUT2D eigenvalue weighted by atomic mass is 127. The van der Waals surface area contributed by atoms with Crippen molar-refractivity contribution in [3.05, 3.63) is 71.5 Å². The van der Waals surface area contributed by atoms with E-state index >= 15 is 0 Å².